The highest BCUT2D eigenvalue weighted by Crippen LogP contribution is 2.32. The van der Waals surface area contributed by atoms with E-state index in [-0.39, 0.29) is 11.1 Å². The van der Waals surface area contributed by atoms with E-state index in [9.17, 15) is 9.59 Å². The Kier molecular flexibility index (Phi) is 0.707. The summed E-state index contributed by atoms with van der Waals surface area (Å²) >= 11 is 0. The fourth-order valence-corrected chi connectivity index (χ4v) is 1.80. The topological polar surface area (TPSA) is 64.6 Å². The largest absolute Gasteiger partial charge is 0.449 e. The maximum absolute atomic E-state index is 11.6. The van der Waals surface area contributed by atoms with Crippen LogP contribution in [-0.2, 0) is 0 Å². The number of benzene rings is 1. The molecule has 2 bridgehead atoms. The summed E-state index contributed by atoms with van der Waals surface area (Å²) in [5.74, 6) is 0. The fraction of sp³-hybridized carbons (Fsp3) is 0. The van der Waals surface area contributed by atoms with E-state index in [1.165, 1.54) is 0 Å². The number of aromatic nitrogens is 2. The van der Waals surface area contributed by atoms with Crippen molar-refractivity contribution in [3.05, 3.63) is 32.8 Å². The molecule has 5 aromatic rings. The predicted molar refractivity (Wildman–Crippen MR) is 48.6 cm³/mol. The lowest BCUT2D eigenvalue weighted by Gasteiger charge is -2.02. The van der Waals surface area contributed by atoms with E-state index < -0.39 is 0 Å². The van der Waals surface area contributed by atoms with Crippen LogP contribution in [0.4, 0.5) is 0 Å². The van der Waals surface area contributed by atoms with Crippen molar-refractivity contribution in [2.75, 3.05) is 0 Å². The van der Waals surface area contributed by atoms with Crippen molar-refractivity contribution in [3.8, 4) is 0 Å². The molecule has 4 aromatic heterocycles. The van der Waals surface area contributed by atoms with E-state index >= 15 is 0 Å². The first-order chi connectivity index (χ1) is 6.77. The Morgan fingerprint density at radius 3 is 2.86 bits per heavy atom. The molecule has 1 aromatic carbocycles. The van der Waals surface area contributed by atoms with Gasteiger partial charge in [-0.1, -0.05) is 0 Å². The lowest BCUT2D eigenvalue weighted by atomic mass is 10.1. The van der Waals surface area contributed by atoms with E-state index in [0.717, 1.165) is 10.1 Å². The molecule has 0 radical (unpaired) electrons. The molecule has 5 heteroatoms. The lowest BCUT2D eigenvalue weighted by Crippen LogP contribution is -2.36. The summed E-state index contributed by atoms with van der Waals surface area (Å²) < 4.78 is 6.01. The van der Waals surface area contributed by atoms with Crippen molar-refractivity contribution in [3.63, 3.8) is 0 Å². The van der Waals surface area contributed by atoms with Crippen LogP contribution in [-0.4, -0.2) is 9.61 Å². The minimum atomic E-state index is -0.363. The molecular formula is C9H2N2O3. The Balaban J connectivity index is 2.58. The van der Waals surface area contributed by atoms with Crippen LogP contribution in [0.25, 0.3) is 27.5 Å². The van der Waals surface area contributed by atoms with Gasteiger partial charge in [0.05, 0.1) is 10.8 Å². The van der Waals surface area contributed by atoms with E-state index in [2.05, 4.69) is 5.10 Å². The highest BCUT2D eigenvalue weighted by atomic mass is 16.4. The molecule has 0 aliphatic rings. The standard InChI is InChI=1S/C9H2N2O3/c12-8-3-1-2-4-7(14-4)5(3)6-9(13)11(8)10-6/h1-2H. The molecule has 0 unspecified atom stereocenters. The second-order valence-corrected chi connectivity index (χ2v) is 3.29. The summed E-state index contributed by atoms with van der Waals surface area (Å²) in [6, 6.07) is 3.39. The molecule has 0 saturated heterocycles. The van der Waals surface area contributed by atoms with Gasteiger partial charge in [0.25, 0.3) is 5.56 Å². The monoisotopic (exact) mass is 186 g/mol. The molecular weight excluding hydrogens is 184 g/mol. The summed E-state index contributed by atoms with van der Waals surface area (Å²) in [4.78, 5) is 22.9. The normalized spacial score (nSPS) is 12.9. The van der Waals surface area contributed by atoms with Crippen molar-refractivity contribution in [1.82, 2.24) is 9.61 Å². The second-order valence-electron chi connectivity index (χ2n) is 3.29. The van der Waals surface area contributed by atoms with Crippen LogP contribution in [0.15, 0.2) is 26.1 Å². The molecule has 0 saturated carbocycles. The molecule has 0 spiro atoms. The Morgan fingerprint density at radius 1 is 1.21 bits per heavy atom. The first kappa shape index (κ1) is 6.31. The number of pyridine rings is 1. The van der Waals surface area contributed by atoms with Crippen molar-refractivity contribution < 1.29 is 4.42 Å². The van der Waals surface area contributed by atoms with Gasteiger partial charge in [0.1, 0.15) is 0 Å². The van der Waals surface area contributed by atoms with Gasteiger partial charge in [-0.25, -0.2) is 0 Å². The number of hydrogen-bond acceptors (Lipinski definition) is 4. The third-order valence-electron chi connectivity index (χ3n) is 2.55. The first-order valence-corrected chi connectivity index (χ1v) is 4.10. The quantitative estimate of drug-likeness (QED) is 0.395. The van der Waals surface area contributed by atoms with Crippen LogP contribution >= 0.6 is 0 Å². The Labute approximate surface area is 75.2 Å². The highest BCUT2D eigenvalue weighted by molar-refractivity contribution is 6.13. The van der Waals surface area contributed by atoms with Gasteiger partial charge in [-0.2, -0.15) is 9.61 Å². The average molecular weight is 186 g/mol. The molecule has 5 nitrogen and oxygen atoms in total. The van der Waals surface area contributed by atoms with Gasteiger partial charge in [0, 0.05) is 0 Å². The molecule has 0 atom stereocenters. The molecule has 0 aliphatic carbocycles. The Hall–Kier alpha value is -2.17. The molecule has 14 heavy (non-hydrogen) atoms. The van der Waals surface area contributed by atoms with Crippen LogP contribution < -0.4 is 11.1 Å². The van der Waals surface area contributed by atoms with Crippen LogP contribution in [0.5, 0.6) is 0 Å². The number of fused-ring (bicyclic) bond motifs is 1. The van der Waals surface area contributed by atoms with E-state index in [1.807, 2.05) is 0 Å². The molecule has 0 amide bonds. The van der Waals surface area contributed by atoms with Crippen LogP contribution in [0.3, 0.4) is 0 Å². The lowest BCUT2D eigenvalue weighted by molar-refractivity contribution is 0.758. The summed E-state index contributed by atoms with van der Waals surface area (Å²) in [7, 11) is 0. The summed E-state index contributed by atoms with van der Waals surface area (Å²) in [6.07, 6.45) is 0. The van der Waals surface area contributed by atoms with Gasteiger partial charge in [-0.05, 0) is 12.1 Å². The Bertz CT molecular complexity index is 857. The van der Waals surface area contributed by atoms with E-state index in [0.29, 0.717) is 21.9 Å². The van der Waals surface area contributed by atoms with Gasteiger partial charge in [0.15, 0.2) is 16.7 Å². The van der Waals surface area contributed by atoms with Crippen molar-refractivity contribution in [2.24, 2.45) is 0 Å². The number of rotatable bonds is 0. The Morgan fingerprint density at radius 2 is 2.07 bits per heavy atom. The van der Waals surface area contributed by atoms with Crippen molar-refractivity contribution in [2.45, 2.75) is 0 Å². The van der Waals surface area contributed by atoms with Gasteiger partial charge in [-0.15, -0.1) is 0 Å². The maximum Gasteiger partial charge on any atom is 0.302 e. The van der Waals surface area contributed by atoms with E-state index in [1.54, 1.807) is 12.1 Å². The zero-order valence-electron chi connectivity index (χ0n) is 6.77. The fourth-order valence-electron chi connectivity index (χ4n) is 1.80. The summed E-state index contributed by atoms with van der Waals surface area (Å²) in [5.41, 5.74) is 1.01. The minimum Gasteiger partial charge on any atom is -0.449 e. The number of hydrogen-bond donors (Lipinski definition) is 0. The molecule has 5 rings (SSSR count). The molecule has 0 fully saturated rings. The molecule has 66 valence electrons. The van der Waals surface area contributed by atoms with Crippen LogP contribution in [0.2, 0.25) is 0 Å². The maximum atomic E-state index is 11.6. The van der Waals surface area contributed by atoms with Gasteiger partial charge in [0.2, 0.25) is 0 Å². The summed E-state index contributed by atoms with van der Waals surface area (Å²) in [5, 5.41) is 4.87. The number of nitrogens with zero attached hydrogens (tertiary/aromatic N) is 2. The second kappa shape index (κ2) is 1.57. The molecule has 0 aliphatic heterocycles. The zero-order chi connectivity index (χ0) is 9.45. The van der Waals surface area contributed by atoms with Crippen LogP contribution in [0, 0.1) is 0 Å². The predicted octanol–water partition coefficient (Wildman–Crippen LogP) is 0.267. The first-order valence-electron chi connectivity index (χ1n) is 4.10. The minimum absolute atomic E-state index is 0.327. The van der Waals surface area contributed by atoms with Gasteiger partial charge in [-0.3, -0.25) is 9.59 Å². The smallest absolute Gasteiger partial charge is 0.302 e. The van der Waals surface area contributed by atoms with Crippen molar-refractivity contribution in [1.29, 1.82) is 0 Å². The van der Waals surface area contributed by atoms with E-state index in [4.69, 9.17) is 4.42 Å². The third kappa shape index (κ3) is 0.460. The average Bonchev–Trinajstić information content (AvgIpc) is 2.95. The van der Waals surface area contributed by atoms with Gasteiger partial charge < -0.3 is 4.42 Å². The van der Waals surface area contributed by atoms with Gasteiger partial charge >= 0.3 is 5.56 Å². The molecule has 0 N–H and O–H groups in total. The highest BCUT2D eigenvalue weighted by Gasteiger charge is 2.23. The van der Waals surface area contributed by atoms with Crippen LogP contribution in [0.1, 0.15) is 0 Å². The zero-order valence-corrected chi connectivity index (χ0v) is 6.77. The molecule has 4 heterocycles. The summed E-state index contributed by atoms with van der Waals surface area (Å²) in [6.45, 7) is 0. The van der Waals surface area contributed by atoms with Crippen molar-refractivity contribution >= 4 is 27.5 Å². The SMILES string of the molecule is O=c1c2ccc3oc3c2c2nn1c2=O. The third-order valence-corrected chi connectivity index (χ3v) is 2.55.